The zero-order chi connectivity index (χ0) is 17.3. The number of para-hydroxylation sites is 1. The van der Waals surface area contributed by atoms with Gasteiger partial charge in [0.15, 0.2) is 0 Å². The molecule has 128 valence electrons. The zero-order valence-corrected chi connectivity index (χ0v) is 14.8. The van der Waals surface area contributed by atoms with Crippen LogP contribution >= 0.6 is 0 Å². The molecule has 0 spiro atoms. The molecule has 0 aliphatic carbocycles. The van der Waals surface area contributed by atoms with Crippen LogP contribution in [0.25, 0.3) is 0 Å². The zero-order valence-electron chi connectivity index (χ0n) is 14.8. The number of rotatable bonds is 5. The Bertz CT molecular complexity index is 712. The second kappa shape index (κ2) is 6.67. The molecule has 1 saturated heterocycles. The molecule has 1 aromatic carbocycles. The van der Waals surface area contributed by atoms with Gasteiger partial charge in [-0.2, -0.15) is 0 Å². The molecule has 2 aromatic rings. The van der Waals surface area contributed by atoms with Crippen molar-refractivity contribution in [3.05, 3.63) is 47.5 Å². The Hall–Kier alpha value is -2.30. The van der Waals surface area contributed by atoms with Gasteiger partial charge in [-0.25, -0.2) is 4.98 Å². The highest BCUT2D eigenvalue weighted by Gasteiger charge is 2.33. The van der Waals surface area contributed by atoms with Gasteiger partial charge < -0.3 is 14.2 Å². The average Bonchev–Trinajstić information content (AvgIpc) is 2.91. The second-order valence-electron chi connectivity index (χ2n) is 6.69. The Balaban J connectivity index is 1.51. The van der Waals surface area contributed by atoms with Crippen molar-refractivity contribution in [2.45, 2.75) is 46.3 Å². The van der Waals surface area contributed by atoms with Gasteiger partial charge in [-0.05, 0) is 38.8 Å². The molecule has 2 heterocycles. The number of aryl methyl sites for hydroxylation is 3. The standard InChI is InChI=1S/C19H25N3O2/c1-13-6-5-7-14(2)19(13)24-17-11-21(12-17)18(23)10-15(3)22-9-8-20-16(22)4/h5-9,15,17H,10-12H2,1-4H3. The number of hydrogen-bond acceptors (Lipinski definition) is 3. The Kier molecular flexibility index (Phi) is 4.60. The van der Waals surface area contributed by atoms with Gasteiger partial charge in [0, 0.05) is 24.9 Å². The van der Waals surface area contributed by atoms with E-state index in [0.717, 1.165) is 22.7 Å². The third-order valence-electron chi connectivity index (χ3n) is 4.70. The first-order valence-corrected chi connectivity index (χ1v) is 8.45. The van der Waals surface area contributed by atoms with Crippen LogP contribution in [0.4, 0.5) is 0 Å². The Labute approximate surface area is 143 Å². The molecule has 0 radical (unpaired) electrons. The van der Waals surface area contributed by atoms with Crippen molar-refractivity contribution in [3.8, 4) is 5.75 Å². The van der Waals surface area contributed by atoms with Crippen LogP contribution in [-0.4, -0.2) is 39.6 Å². The lowest BCUT2D eigenvalue weighted by molar-refractivity contribution is -0.140. The van der Waals surface area contributed by atoms with E-state index in [1.165, 1.54) is 0 Å². The van der Waals surface area contributed by atoms with Crippen LogP contribution in [0.15, 0.2) is 30.6 Å². The average molecular weight is 327 g/mol. The van der Waals surface area contributed by atoms with E-state index in [4.69, 9.17) is 4.74 Å². The molecule has 1 aliphatic heterocycles. The van der Waals surface area contributed by atoms with Crippen LogP contribution in [0, 0.1) is 20.8 Å². The summed E-state index contributed by atoms with van der Waals surface area (Å²) in [5.74, 6) is 2.07. The van der Waals surface area contributed by atoms with Crippen molar-refractivity contribution in [3.63, 3.8) is 0 Å². The van der Waals surface area contributed by atoms with Gasteiger partial charge in [-0.15, -0.1) is 0 Å². The minimum absolute atomic E-state index is 0.0963. The van der Waals surface area contributed by atoms with Crippen molar-refractivity contribution in [1.82, 2.24) is 14.5 Å². The van der Waals surface area contributed by atoms with Crippen LogP contribution in [0.1, 0.15) is 36.3 Å². The Morgan fingerprint density at radius 1 is 1.29 bits per heavy atom. The maximum atomic E-state index is 12.4. The van der Waals surface area contributed by atoms with Crippen LogP contribution in [0.5, 0.6) is 5.75 Å². The molecule has 0 bridgehead atoms. The van der Waals surface area contributed by atoms with E-state index in [1.54, 1.807) is 6.20 Å². The molecule has 1 aliphatic rings. The molecule has 24 heavy (non-hydrogen) atoms. The molecule has 5 nitrogen and oxygen atoms in total. The van der Waals surface area contributed by atoms with E-state index in [2.05, 4.69) is 37.9 Å². The fourth-order valence-electron chi connectivity index (χ4n) is 3.20. The Morgan fingerprint density at radius 3 is 2.54 bits per heavy atom. The van der Waals surface area contributed by atoms with Gasteiger partial charge in [0.1, 0.15) is 17.7 Å². The molecule has 1 amide bonds. The molecule has 1 unspecified atom stereocenters. The van der Waals surface area contributed by atoms with Crippen LogP contribution in [-0.2, 0) is 4.79 Å². The number of hydrogen-bond donors (Lipinski definition) is 0. The van der Waals surface area contributed by atoms with E-state index in [-0.39, 0.29) is 18.1 Å². The van der Waals surface area contributed by atoms with Gasteiger partial charge in [-0.1, -0.05) is 18.2 Å². The first kappa shape index (κ1) is 16.6. The van der Waals surface area contributed by atoms with Crippen LogP contribution in [0.3, 0.4) is 0 Å². The Morgan fingerprint density at radius 2 is 1.96 bits per heavy atom. The highest BCUT2D eigenvalue weighted by Crippen LogP contribution is 2.26. The van der Waals surface area contributed by atoms with Gasteiger partial charge in [-0.3, -0.25) is 4.79 Å². The monoisotopic (exact) mass is 327 g/mol. The van der Waals surface area contributed by atoms with Crippen molar-refractivity contribution in [2.75, 3.05) is 13.1 Å². The number of ether oxygens (including phenoxy) is 1. The summed E-state index contributed by atoms with van der Waals surface area (Å²) < 4.78 is 8.12. The first-order valence-electron chi connectivity index (χ1n) is 8.45. The normalized spacial score (nSPS) is 15.9. The predicted molar refractivity (Wildman–Crippen MR) is 93.2 cm³/mol. The largest absolute Gasteiger partial charge is 0.486 e. The molecule has 1 aromatic heterocycles. The van der Waals surface area contributed by atoms with E-state index < -0.39 is 0 Å². The fraction of sp³-hybridized carbons (Fsp3) is 0.474. The number of likely N-dealkylation sites (tertiary alicyclic amines) is 1. The highest BCUT2D eigenvalue weighted by atomic mass is 16.5. The number of aromatic nitrogens is 2. The topological polar surface area (TPSA) is 47.4 Å². The number of imidazole rings is 1. The van der Waals surface area contributed by atoms with E-state index in [9.17, 15) is 4.79 Å². The third-order valence-corrected chi connectivity index (χ3v) is 4.70. The predicted octanol–water partition coefficient (Wildman–Crippen LogP) is 3.05. The lowest BCUT2D eigenvalue weighted by Gasteiger charge is -2.40. The maximum Gasteiger partial charge on any atom is 0.224 e. The highest BCUT2D eigenvalue weighted by molar-refractivity contribution is 5.77. The fourth-order valence-corrected chi connectivity index (χ4v) is 3.20. The summed E-state index contributed by atoms with van der Waals surface area (Å²) in [6, 6.07) is 6.27. The minimum Gasteiger partial charge on any atom is -0.486 e. The number of carbonyl (C=O) groups excluding carboxylic acids is 1. The van der Waals surface area contributed by atoms with Crippen LogP contribution in [0.2, 0.25) is 0 Å². The second-order valence-corrected chi connectivity index (χ2v) is 6.69. The van der Waals surface area contributed by atoms with Gasteiger partial charge in [0.05, 0.1) is 13.1 Å². The van der Waals surface area contributed by atoms with E-state index >= 15 is 0 Å². The number of nitrogens with zero attached hydrogens (tertiary/aromatic N) is 3. The summed E-state index contributed by atoms with van der Waals surface area (Å²) in [6.07, 6.45) is 4.29. The summed E-state index contributed by atoms with van der Waals surface area (Å²) in [7, 11) is 0. The molecule has 1 fully saturated rings. The van der Waals surface area contributed by atoms with Gasteiger partial charge in [0.2, 0.25) is 5.91 Å². The summed E-state index contributed by atoms with van der Waals surface area (Å²) in [5.41, 5.74) is 2.29. The lowest BCUT2D eigenvalue weighted by Crippen LogP contribution is -2.56. The summed E-state index contributed by atoms with van der Waals surface area (Å²) in [4.78, 5) is 18.5. The van der Waals surface area contributed by atoms with E-state index in [1.807, 2.05) is 28.7 Å². The number of carbonyl (C=O) groups is 1. The maximum absolute atomic E-state index is 12.4. The SMILES string of the molecule is Cc1cccc(C)c1OC1CN(C(=O)CC(C)n2ccnc2C)C1. The molecule has 0 N–H and O–H groups in total. The summed E-state index contributed by atoms with van der Waals surface area (Å²) in [5, 5.41) is 0. The molecule has 0 saturated carbocycles. The van der Waals surface area contributed by atoms with Crippen LogP contribution < -0.4 is 4.74 Å². The van der Waals surface area contributed by atoms with Gasteiger partial charge >= 0.3 is 0 Å². The molecule has 5 heteroatoms. The molecular formula is C19H25N3O2. The van der Waals surface area contributed by atoms with Crippen molar-refractivity contribution < 1.29 is 9.53 Å². The minimum atomic E-state index is 0.0963. The smallest absolute Gasteiger partial charge is 0.224 e. The molecular weight excluding hydrogens is 302 g/mol. The van der Waals surface area contributed by atoms with Gasteiger partial charge in [0.25, 0.3) is 0 Å². The third kappa shape index (κ3) is 3.30. The lowest BCUT2D eigenvalue weighted by atomic mass is 10.1. The summed E-state index contributed by atoms with van der Waals surface area (Å²) in [6.45, 7) is 9.46. The summed E-state index contributed by atoms with van der Waals surface area (Å²) >= 11 is 0. The quantitative estimate of drug-likeness (QED) is 0.848. The van der Waals surface area contributed by atoms with Crippen molar-refractivity contribution >= 4 is 5.91 Å². The number of amides is 1. The van der Waals surface area contributed by atoms with E-state index in [0.29, 0.717) is 19.5 Å². The van der Waals surface area contributed by atoms with Crippen molar-refractivity contribution in [1.29, 1.82) is 0 Å². The first-order chi connectivity index (χ1) is 11.5. The number of benzene rings is 1. The molecule has 3 rings (SSSR count). The van der Waals surface area contributed by atoms with Crippen molar-refractivity contribution in [2.24, 2.45) is 0 Å². The molecule has 1 atom stereocenters.